The van der Waals surface area contributed by atoms with Gasteiger partial charge in [-0.3, -0.25) is 4.79 Å². The van der Waals surface area contributed by atoms with Gasteiger partial charge in [-0.15, -0.1) is 0 Å². The lowest BCUT2D eigenvalue weighted by molar-refractivity contribution is -0.134. The summed E-state index contributed by atoms with van der Waals surface area (Å²) in [5, 5.41) is 9.09. The van der Waals surface area contributed by atoms with Crippen molar-refractivity contribution in [1.82, 2.24) is 4.90 Å². The largest absolute Gasteiger partial charge is 0.393 e. The van der Waals surface area contributed by atoms with Crippen molar-refractivity contribution < 1.29 is 9.90 Å². The lowest BCUT2D eigenvalue weighted by Gasteiger charge is -2.19. The third kappa shape index (κ3) is 2.44. The van der Waals surface area contributed by atoms with E-state index in [1.54, 1.807) is 6.92 Å². The number of hydrogen-bond acceptors (Lipinski definition) is 2. The van der Waals surface area contributed by atoms with Crippen molar-refractivity contribution in [1.29, 1.82) is 0 Å². The van der Waals surface area contributed by atoms with E-state index in [0.29, 0.717) is 13.0 Å². The van der Waals surface area contributed by atoms with E-state index >= 15 is 0 Å². The molecule has 1 N–H and O–H groups in total. The third-order valence-corrected chi connectivity index (χ3v) is 2.69. The molecular weight excluding hydrogens is 166 g/mol. The highest BCUT2D eigenvalue weighted by Crippen LogP contribution is 2.30. The van der Waals surface area contributed by atoms with Crippen LogP contribution in [-0.2, 0) is 4.79 Å². The Balaban J connectivity index is 2.42. The molecule has 0 saturated carbocycles. The van der Waals surface area contributed by atoms with Crippen LogP contribution in [-0.4, -0.2) is 35.1 Å². The number of aliphatic hydroxyl groups is 1. The minimum Gasteiger partial charge on any atom is -0.393 e. The third-order valence-electron chi connectivity index (χ3n) is 2.69. The summed E-state index contributed by atoms with van der Waals surface area (Å²) in [5.41, 5.74) is -0.182. The first kappa shape index (κ1) is 10.5. The van der Waals surface area contributed by atoms with Gasteiger partial charge in [-0.1, -0.05) is 13.8 Å². The molecule has 1 saturated heterocycles. The summed E-state index contributed by atoms with van der Waals surface area (Å²) in [6, 6.07) is 0. The first-order valence-electron chi connectivity index (χ1n) is 4.91. The van der Waals surface area contributed by atoms with Gasteiger partial charge >= 0.3 is 0 Å². The van der Waals surface area contributed by atoms with Crippen molar-refractivity contribution in [3.63, 3.8) is 0 Å². The molecule has 1 heterocycles. The summed E-state index contributed by atoms with van der Waals surface area (Å²) in [5.74, 6) is 0.230. The molecule has 0 aliphatic carbocycles. The molecule has 0 radical (unpaired) electrons. The van der Waals surface area contributed by atoms with Gasteiger partial charge in [0.05, 0.1) is 6.10 Å². The van der Waals surface area contributed by atoms with E-state index in [2.05, 4.69) is 0 Å². The summed E-state index contributed by atoms with van der Waals surface area (Å²) in [6.07, 6.45) is 1.31. The van der Waals surface area contributed by atoms with Crippen LogP contribution in [0.2, 0.25) is 0 Å². The Bertz CT molecular complexity index is 199. The molecule has 0 bridgehead atoms. The molecule has 1 unspecified atom stereocenters. The van der Waals surface area contributed by atoms with Gasteiger partial charge < -0.3 is 10.0 Å². The van der Waals surface area contributed by atoms with Crippen molar-refractivity contribution in [2.75, 3.05) is 13.1 Å². The predicted octanol–water partition coefficient (Wildman–Crippen LogP) is 1.02. The molecule has 1 aliphatic heterocycles. The van der Waals surface area contributed by atoms with Crippen molar-refractivity contribution in [3.8, 4) is 0 Å². The Kier molecular flexibility index (Phi) is 2.96. The van der Waals surface area contributed by atoms with E-state index < -0.39 is 0 Å². The minimum atomic E-state index is -0.309. The van der Waals surface area contributed by atoms with Gasteiger partial charge in [0.1, 0.15) is 0 Å². The summed E-state index contributed by atoms with van der Waals surface area (Å²) in [7, 11) is 0. The zero-order valence-corrected chi connectivity index (χ0v) is 8.71. The van der Waals surface area contributed by atoms with Crippen LogP contribution in [0.15, 0.2) is 0 Å². The summed E-state index contributed by atoms with van der Waals surface area (Å²) < 4.78 is 0. The molecule has 1 aliphatic rings. The van der Waals surface area contributed by atoms with Crippen LogP contribution in [0.5, 0.6) is 0 Å². The maximum Gasteiger partial charge on any atom is 0.228 e. The van der Waals surface area contributed by atoms with Crippen LogP contribution in [0.3, 0.4) is 0 Å². The quantitative estimate of drug-likeness (QED) is 0.713. The van der Waals surface area contributed by atoms with Crippen molar-refractivity contribution in [3.05, 3.63) is 0 Å². The number of aliphatic hydroxyl groups excluding tert-OH is 1. The first-order valence-corrected chi connectivity index (χ1v) is 4.91. The predicted molar refractivity (Wildman–Crippen MR) is 51.3 cm³/mol. The summed E-state index contributed by atoms with van der Waals surface area (Å²) >= 11 is 0. The van der Waals surface area contributed by atoms with Gasteiger partial charge in [0.15, 0.2) is 0 Å². The normalized spacial score (nSPS) is 23.7. The highest BCUT2D eigenvalue weighted by Gasteiger charge is 2.37. The Labute approximate surface area is 79.7 Å². The van der Waals surface area contributed by atoms with Crippen LogP contribution in [0.1, 0.15) is 33.6 Å². The SMILES string of the molecule is CC(O)CCN1CCC(C)(C)C1=O. The second kappa shape index (κ2) is 3.66. The number of nitrogens with zero attached hydrogens (tertiary/aromatic N) is 1. The van der Waals surface area contributed by atoms with E-state index in [1.165, 1.54) is 0 Å². The van der Waals surface area contributed by atoms with Crippen molar-refractivity contribution >= 4 is 5.91 Å². The van der Waals surface area contributed by atoms with Crippen molar-refractivity contribution in [2.45, 2.75) is 39.7 Å². The summed E-state index contributed by atoms with van der Waals surface area (Å²) in [6.45, 7) is 7.26. The fourth-order valence-electron chi connectivity index (χ4n) is 1.61. The van der Waals surface area contributed by atoms with Crippen LogP contribution < -0.4 is 0 Å². The van der Waals surface area contributed by atoms with E-state index in [-0.39, 0.29) is 17.4 Å². The zero-order valence-electron chi connectivity index (χ0n) is 8.71. The molecule has 0 spiro atoms. The average molecular weight is 185 g/mol. The maximum atomic E-state index is 11.7. The standard InChI is InChI=1S/C10H19NO2/c1-8(12)4-6-11-7-5-10(2,3)9(11)13/h8,12H,4-7H2,1-3H3. The Morgan fingerprint density at radius 2 is 2.23 bits per heavy atom. The topological polar surface area (TPSA) is 40.5 Å². The fraction of sp³-hybridized carbons (Fsp3) is 0.900. The molecule has 13 heavy (non-hydrogen) atoms. The van der Waals surface area contributed by atoms with Gasteiger partial charge in [-0.25, -0.2) is 0 Å². The highest BCUT2D eigenvalue weighted by molar-refractivity contribution is 5.83. The minimum absolute atomic E-state index is 0.182. The van der Waals surface area contributed by atoms with E-state index in [0.717, 1.165) is 13.0 Å². The van der Waals surface area contributed by atoms with Gasteiger partial charge in [-0.05, 0) is 19.8 Å². The maximum absolute atomic E-state index is 11.7. The number of hydrogen-bond donors (Lipinski definition) is 1. The van der Waals surface area contributed by atoms with Crippen LogP contribution in [0.25, 0.3) is 0 Å². The molecule has 0 aromatic carbocycles. The molecule has 76 valence electrons. The Hall–Kier alpha value is -0.570. The zero-order chi connectivity index (χ0) is 10.1. The molecule has 3 heteroatoms. The number of likely N-dealkylation sites (tertiary alicyclic amines) is 1. The lowest BCUT2D eigenvalue weighted by Crippen LogP contribution is -2.32. The number of amides is 1. The van der Waals surface area contributed by atoms with Crippen LogP contribution in [0, 0.1) is 5.41 Å². The monoisotopic (exact) mass is 185 g/mol. The lowest BCUT2D eigenvalue weighted by atomic mass is 9.92. The smallest absolute Gasteiger partial charge is 0.228 e. The van der Waals surface area contributed by atoms with Gasteiger partial charge in [-0.2, -0.15) is 0 Å². The highest BCUT2D eigenvalue weighted by atomic mass is 16.3. The van der Waals surface area contributed by atoms with Crippen LogP contribution >= 0.6 is 0 Å². The Morgan fingerprint density at radius 1 is 1.62 bits per heavy atom. The molecule has 0 aromatic rings. The molecule has 1 rings (SSSR count). The van der Waals surface area contributed by atoms with E-state index in [4.69, 9.17) is 5.11 Å². The van der Waals surface area contributed by atoms with Crippen molar-refractivity contribution in [2.24, 2.45) is 5.41 Å². The van der Waals surface area contributed by atoms with Gasteiger partial charge in [0.25, 0.3) is 0 Å². The summed E-state index contributed by atoms with van der Waals surface area (Å²) in [4.78, 5) is 13.5. The molecule has 1 atom stereocenters. The number of carbonyl (C=O) groups is 1. The molecule has 1 fully saturated rings. The second-order valence-electron chi connectivity index (χ2n) is 4.56. The first-order chi connectivity index (χ1) is 5.93. The number of carbonyl (C=O) groups excluding carboxylic acids is 1. The second-order valence-corrected chi connectivity index (χ2v) is 4.56. The van der Waals surface area contributed by atoms with Crippen LogP contribution in [0.4, 0.5) is 0 Å². The fourth-order valence-corrected chi connectivity index (χ4v) is 1.61. The number of rotatable bonds is 3. The molecule has 1 amide bonds. The van der Waals surface area contributed by atoms with E-state index in [1.807, 2.05) is 18.7 Å². The average Bonchev–Trinajstić information content (AvgIpc) is 2.25. The Morgan fingerprint density at radius 3 is 2.62 bits per heavy atom. The molecule has 3 nitrogen and oxygen atoms in total. The molecule has 0 aromatic heterocycles. The molecular formula is C10H19NO2. The van der Waals surface area contributed by atoms with Gasteiger partial charge in [0.2, 0.25) is 5.91 Å². The van der Waals surface area contributed by atoms with Gasteiger partial charge in [0, 0.05) is 18.5 Å². The van der Waals surface area contributed by atoms with E-state index in [9.17, 15) is 4.79 Å².